The molecule has 14 N–H and O–H groups in total. The van der Waals surface area contributed by atoms with Crippen LogP contribution in [0.3, 0.4) is 0 Å². The van der Waals surface area contributed by atoms with E-state index in [1.807, 2.05) is 27.7 Å². The van der Waals surface area contributed by atoms with Crippen LogP contribution in [0.2, 0.25) is 0 Å². The monoisotopic (exact) mass is 1070 g/mol. The molecule has 2 aromatic rings. The number of primary amides is 2. The van der Waals surface area contributed by atoms with Crippen molar-refractivity contribution in [1.29, 1.82) is 0 Å². The molecule has 2 aromatic carbocycles. The van der Waals surface area contributed by atoms with Gasteiger partial charge >= 0.3 is 11.9 Å². The molecule has 0 fully saturated rings. The van der Waals surface area contributed by atoms with Crippen LogP contribution in [-0.2, 0) is 47.8 Å². The lowest BCUT2D eigenvalue weighted by Gasteiger charge is -2.26. The number of carbonyl (C=O) groups excluding carboxylic acids is 10. The van der Waals surface area contributed by atoms with Gasteiger partial charge in [-0.05, 0) is 104 Å². The van der Waals surface area contributed by atoms with Gasteiger partial charge in [-0.2, -0.15) is 0 Å². The van der Waals surface area contributed by atoms with Crippen molar-refractivity contribution in [3.05, 3.63) is 46.5 Å². The molecule has 1 aliphatic rings. The van der Waals surface area contributed by atoms with Crippen molar-refractivity contribution in [2.45, 2.75) is 156 Å². The number of ether oxygens (including phenoxy) is 2. The summed E-state index contributed by atoms with van der Waals surface area (Å²) < 4.78 is 10.9. The topological polar surface area (TPSA) is 378 Å². The van der Waals surface area contributed by atoms with E-state index in [9.17, 15) is 58.2 Å². The van der Waals surface area contributed by atoms with Crippen LogP contribution in [0.15, 0.2) is 24.3 Å². The smallest absolute Gasteiger partial charge is 0.308 e. The number of hydrogen-bond acceptors (Lipinski definition) is 18. The highest BCUT2D eigenvalue weighted by Gasteiger charge is 2.39. The SMILES string of the molecule is CC(C)C[C@H](NC(=O)[C@H](C)NC(=O)[C@H](CC(=O)OC(C)(C)C)NCCNc1ccc(NCCN[C@@H](CC(=O)OC(C)(C)C)C(=O)N[C@@H](C)C(=O)N[C@@H](CC(C)C)C(N)=O)c2c1C(=O)c1c(O)ccc(O)c1C2=O)C(N)=O. The first-order valence-electron chi connectivity index (χ1n) is 25.2. The van der Waals surface area contributed by atoms with E-state index >= 15 is 0 Å². The maximum Gasteiger partial charge on any atom is 0.308 e. The Labute approximate surface area is 443 Å². The minimum Gasteiger partial charge on any atom is -0.507 e. The predicted molar refractivity (Wildman–Crippen MR) is 281 cm³/mol. The molecule has 0 heterocycles. The first-order chi connectivity index (χ1) is 35.2. The van der Waals surface area contributed by atoms with Crippen molar-refractivity contribution < 1.29 is 67.6 Å². The van der Waals surface area contributed by atoms with Crippen LogP contribution in [0.25, 0.3) is 0 Å². The Morgan fingerprint density at radius 3 is 1.11 bits per heavy atom. The van der Waals surface area contributed by atoms with E-state index in [4.69, 9.17) is 20.9 Å². The number of phenolic OH excluding ortho intramolecular Hbond substituents is 2. The molecule has 24 heteroatoms. The minimum absolute atomic E-state index is 0.0175. The third-order valence-electron chi connectivity index (χ3n) is 11.4. The number of nitrogens with one attached hydrogen (secondary N) is 8. The highest BCUT2D eigenvalue weighted by Crippen LogP contribution is 2.42. The van der Waals surface area contributed by atoms with Crippen LogP contribution in [-0.4, -0.2) is 143 Å². The lowest BCUT2D eigenvalue weighted by atomic mass is 9.81. The number of phenols is 2. The lowest BCUT2D eigenvalue weighted by Crippen LogP contribution is -2.55. The Morgan fingerprint density at radius 2 is 0.816 bits per heavy atom. The first kappa shape index (κ1) is 63.0. The molecule has 0 saturated heterocycles. The molecule has 0 aliphatic heterocycles. The van der Waals surface area contributed by atoms with Gasteiger partial charge in [-0.15, -0.1) is 0 Å². The maximum absolute atomic E-state index is 14.3. The Morgan fingerprint density at radius 1 is 0.487 bits per heavy atom. The zero-order chi connectivity index (χ0) is 57.6. The summed E-state index contributed by atoms with van der Waals surface area (Å²) in [4.78, 5) is 132. The highest BCUT2D eigenvalue weighted by atomic mass is 16.6. The van der Waals surface area contributed by atoms with Crippen LogP contribution in [0.5, 0.6) is 11.5 Å². The number of esters is 2. The van der Waals surface area contributed by atoms with E-state index in [1.165, 1.54) is 26.0 Å². The van der Waals surface area contributed by atoms with E-state index < -0.39 is 142 Å². The molecule has 0 aromatic heterocycles. The molecule has 420 valence electrons. The van der Waals surface area contributed by atoms with Gasteiger partial charge in [0.05, 0.1) is 47.2 Å². The van der Waals surface area contributed by atoms with Crippen molar-refractivity contribution >= 4 is 70.3 Å². The number of ketones is 2. The third-order valence-corrected chi connectivity index (χ3v) is 11.4. The van der Waals surface area contributed by atoms with Crippen molar-refractivity contribution in [2.24, 2.45) is 23.3 Å². The van der Waals surface area contributed by atoms with Gasteiger partial charge in [-0.25, -0.2) is 0 Å². The number of benzene rings is 2. The summed E-state index contributed by atoms with van der Waals surface area (Å²) in [5, 5.41) is 43.9. The Hall–Kier alpha value is -7.34. The normalized spacial score (nSPS) is 14.7. The van der Waals surface area contributed by atoms with Gasteiger partial charge in [0.2, 0.25) is 47.0 Å². The second-order valence-electron chi connectivity index (χ2n) is 21.5. The van der Waals surface area contributed by atoms with E-state index in [1.54, 1.807) is 41.5 Å². The van der Waals surface area contributed by atoms with Gasteiger partial charge in [-0.3, -0.25) is 47.9 Å². The summed E-state index contributed by atoms with van der Waals surface area (Å²) in [5.41, 5.74) is 8.13. The summed E-state index contributed by atoms with van der Waals surface area (Å²) in [7, 11) is 0. The Kier molecular flexibility index (Phi) is 22.7. The van der Waals surface area contributed by atoms with E-state index in [-0.39, 0.29) is 73.4 Å². The average molecular weight is 1070 g/mol. The number of amides is 6. The maximum atomic E-state index is 14.3. The second-order valence-corrected chi connectivity index (χ2v) is 21.5. The van der Waals surface area contributed by atoms with Gasteiger partial charge in [0.15, 0.2) is 0 Å². The number of hydrogen-bond donors (Lipinski definition) is 12. The molecule has 0 radical (unpaired) electrons. The molecule has 76 heavy (non-hydrogen) atoms. The summed E-state index contributed by atoms with van der Waals surface area (Å²) >= 11 is 0. The average Bonchev–Trinajstić information content (AvgIpc) is 3.28. The van der Waals surface area contributed by atoms with E-state index in [0.717, 1.165) is 12.1 Å². The van der Waals surface area contributed by atoms with Gasteiger partial charge < -0.3 is 73.7 Å². The molecular weight excluding hydrogens is 989 g/mol. The van der Waals surface area contributed by atoms with Gasteiger partial charge in [0.25, 0.3) is 0 Å². The fourth-order valence-electron chi connectivity index (χ4n) is 7.95. The van der Waals surface area contributed by atoms with Crippen molar-refractivity contribution in [3.63, 3.8) is 0 Å². The van der Waals surface area contributed by atoms with Gasteiger partial charge in [0.1, 0.15) is 46.9 Å². The van der Waals surface area contributed by atoms with Crippen LogP contribution in [0.4, 0.5) is 11.4 Å². The number of nitrogens with two attached hydrogens (primary N) is 2. The Bertz CT molecular complexity index is 2330. The van der Waals surface area contributed by atoms with Gasteiger partial charge in [-0.1, -0.05) is 27.7 Å². The van der Waals surface area contributed by atoms with Crippen molar-refractivity contribution in [3.8, 4) is 11.5 Å². The largest absolute Gasteiger partial charge is 0.507 e. The van der Waals surface area contributed by atoms with Crippen LogP contribution in [0, 0.1) is 11.8 Å². The fraction of sp³-hybridized carbons (Fsp3) is 0.577. The van der Waals surface area contributed by atoms with Crippen LogP contribution < -0.4 is 54.0 Å². The zero-order valence-corrected chi connectivity index (χ0v) is 45.5. The predicted octanol–water partition coefficient (Wildman–Crippen LogP) is 1.12. The molecule has 6 amide bonds. The molecular formula is C52H78N10O14. The molecule has 0 bridgehead atoms. The summed E-state index contributed by atoms with van der Waals surface area (Å²) in [6, 6.07) is -1.72. The number of anilines is 2. The lowest BCUT2D eigenvalue weighted by molar-refractivity contribution is -0.157. The standard InChI is InChI=1S/C52H78N10O14/c1-25(2)21-31(45(53)69)61-47(71)27(5)59-49(73)33(23-37(65)75-51(7,8)9)57-19-17-55-29-13-14-30(40-39(29)43(67)41-35(63)15-16-36(64)42(41)44(40)68)56-18-20-58-34(24-38(66)76-52(10,11)12)50(74)60-28(6)48(72)62-32(46(54)70)22-26(3)4/h13-16,25-28,31-34,55-58,63-64H,17-24H2,1-12H3,(H2,53,69)(H2,54,70)(H,59,73)(H,60,74)(H,61,71)(H,62,72)/t27-,28-,31-,32-,33-,34-/m0/s1. The number of aromatic hydroxyl groups is 2. The fourth-order valence-corrected chi connectivity index (χ4v) is 7.95. The molecule has 24 nitrogen and oxygen atoms in total. The molecule has 6 atom stereocenters. The summed E-state index contributed by atoms with van der Waals surface area (Å²) in [5.74, 6) is -8.59. The van der Waals surface area contributed by atoms with Crippen molar-refractivity contribution in [1.82, 2.24) is 31.9 Å². The van der Waals surface area contributed by atoms with Crippen LogP contribution >= 0.6 is 0 Å². The molecule has 0 saturated carbocycles. The first-order valence-corrected chi connectivity index (χ1v) is 25.2. The molecule has 1 aliphatic carbocycles. The minimum atomic E-state index is -1.26. The van der Waals surface area contributed by atoms with E-state index in [2.05, 4.69) is 42.5 Å². The zero-order valence-electron chi connectivity index (χ0n) is 45.5. The van der Waals surface area contributed by atoms with E-state index in [0.29, 0.717) is 0 Å². The molecule has 0 unspecified atom stereocenters. The molecule has 3 rings (SSSR count). The second kappa shape index (κ2) is 27.4. The van der Waals surface area contributed by atoms with Gasteiger partial charge in [0, 0.05) is 37.6 Å². The number of fused-ring (bicyclic) bond motifs is 2. The molecule has 0 spiro atoms. The van der Waals surface area contributed by atoms with Crippen molar-refractivity contribution in [2.75, 3.05) is 36.8 Å². The highest BCUT2D eigenvalue weighted by molar-refractivity contribution is 6.33. The Balaban J connectivity index is 1.88. The van der Waals surface area contributed by atoms with Crippen LogP contribution in [0.1, 0.15) is 141 Å². The quantitative estimate of drug-likeness (QED) is 0.0275. The summed E-state index contributed by atoms with van der Waals surface area (Å²) in [6.45, 7) is 19.9. The number of rotatable bonds is 28. The third kappa shape index (κ3) is 19.1. The number of carbonyl (C=O) groups is 10. The summed E-state index contributed by atoms with van der Waals surface area (Å²) in [6.07, 6.45) is -0.403.